The maximum Gasteiger partial charge on any atom is 0.264 e. The minimum absolute atomic E-state index is 0.0323. The maximum absolute atomic E-state index is 12.6. The summed E-state index contributed by atoms with van der Waals surface area (Å²) in [6.45, 7) is 1.86. The van der Waals surface area contributed by atoms with Gasteiger partial charge in [0.05, 0.1) is 14.9 Å². The Kier molecular flexibility index (Phi) is 8.31. The average Bonchev–Trinajstić information content (AvgIpc) is 2.82. The summed E-state index contributed by atoms with van der Waals surface area (Å²) in [5, 5.41) is 1.43. The Morgan fingerprint density at radius 3 is 2.15 bits per heavy atom. The van der Waals surface area contributed by atoms with Gasteiger partial charge in [-0.2, -0.15) is 0 Å². The van der Waals surface area contributed by atoms with Gasteiger partial charge in [0.15, 0.2) is 0 Å². The lowest BCUT2D eigenvalue weighted by Crippen LogP contribution is -2.46. The second kappa shape index (κ2) is 11.0. The number of sulfonamides is 1. The van der Waals surface area contributed by atoms with Crippen LogP contribution >= 0.6 is 34.8 Å². The second-order valence-corrected chi connectivity index (χ2v) is 11.8. The fourth-order valence-electron chi connectivity index (χ4n) is 4.69. The molecule has 2 aromatic rings. The third-order valence-corrected chi connectivity index (χ3v) is 8.97. The van der Waals surface area contributed by atoms with Crippen molar-refractivity contribution >= 4 is 50.7 Å². The largest absolute Gasteiger partial charge is 0.490 e. The van der Waals surface area contributed by atoms with Gasteiger partial charge in [-0.15, -0.1) is 0 Å². The van der Waals surface area contributed by atoms with Gasteiger partial charge in [-0.25, -0.2) is 13.1 Å². The number of benzene rings is 2. The average molecular weight is 546 g/mol. The molecule has 1 amide bonds. The first-order valence-corrected chi connectivity index (χ1v) is 14.0. The molecule has 0 spiro atoms. The number of nitrogens with zero attached hydrogens (tertiary/aromatic N) is 1. The van der Waals surface area contributed by atoms with Gasteiger partial charge in [0.2, 0.25) is 5.91 Å². The molecule has 0 radical (unpaired) electrons. The van der Waals surface area contributed by atoms with E-state index in [1.807, 2.05) is 6.07 Å². The van der Waals surface area contributed by atoms with Crippen LogP contribution in [0.5, 0.6) is 5.75 Å². The Morgan fingerprint density at radius 1 is 0.882 bits per heavy atom. The molecule has 2 aliphatic rings. The first-order chi connectivity index (χ1) is 16.2. The highest BCUT2D eigenvalue weighted by molar-refractivity contribution is 7.90. The summed E-state index contributed by atoms with van der Waals surface area (Å²) in [6, 6.07) is 11.5. The van der Waals surface area contributed by atoms with E-state index in [-0.39, 0.29) is 16.9 Å². The molecule has 1 N–H and O–H groups in total. The molecule has 0 atom stereocenters. The van der Waals surface area contributed by atoms with E-state index in [2.05, 4.69) is 9.62 Å². The molecule has 6 nitrogen and oxygen atoms in total. The summed E-state index contributed by atoms with van der Waals surface area (Å²) < 4.78 is 33.3. The van der Waals surface area contributed by atoms with Crippen molar-refractivity contribution in [3.63, 3.8) is 0 Å². The number of piperidine rings is 1. The van der Waals surface area contributed by atoms with Crippen LogP contribution in [-0.4, -0.2) is 44.5 Å². The molecular formula is C24H27Cl3N2O4S. The molecule has 1 saturated heterocycles. The van der Waals surface area contributed by atoms with Crippen LogP contribution in [0, 0.1) is 5.92 Å². The number of halogens is 3. The van der Waals surface area contributed by atoms with Gasteiger partial charge >= 0.3 is 0 Å². The van der Waals surface area contributed by atoms with Crippen molar-refractivity contribution < 1.29 is 17.9 Å². The maximum atomic E-state index is 12.6. The summed E-state index contributed by atoms with van der Waals surface area (Å²) >= 11 is 17.9. The molecule has 1 aliphatic heterocycles. The first-order valence-electron chi connectivity index (χ1n) is 11.4. The van der Waals surface area contributed by atoms with Crippen molar-refractivity contribution in [3.8, 4) is 5.75 Å². The van der Waals surface area contributed by atoms with Crippen LogP contribution in [0.1, 0.15) is 38.5 Å². The highest BCUT2D eigenvalue weighted by Gasteiger charge is 2.33. The number of rotatable bonds is 6. The van der Waals surface area contributed by atoms with E-state index < -0.39 is 15.9 Å². The highest BCUT2D eigenvalue weighted by atomic mass is 35.5. The summed E-state index contributed by atoms with van der Waals surface area (Å²) in [6.07, 6.45) is 5.06. The molecule has 0 bridgehead atoms. The monoisotopic (exact) mass is 544 g/mol. The Labute approximate surface area is 215 Å². The second-order valence-electron chi connectivity index (χ2n) is 8.86. The fraction of sp³-hybridized carbons (Fsp3) is 0.458. The minimum atomic E-state index is -3.89. The first kappa shape index (κ1) is 25.6. The SMILES string of the molecule is O=C(NS(=O)(=O)c1ccc(Cl)cc1)[C@H]1CC[C@H](N2CCC(Oc3ccc(Cl)c(Cl)c3)CC2)CC1. The number of carbonyl (C=O) groups excluding carboxylic acids is 1. The number of ether oxygens (including phenoxy) is 1. The Bertz CT molecular complexity index is 1110. The van der Waals surface area contributed by atoms with Gasteiger partial charge in [-0.3, -0.25) is 4.79 Å². The number of amides is 1. The minimum Gasteiger partial charge on any atom is -0.490 e. The number of nitrogens with one attached hydrogen (secondary N) is 1. The Morgan fingerprint density at radius 2 is 1.53 bits per heavy atom. The van der Waals surface area contributed by atoms with Crippen molar-refractivity contribution in [1.29, 1.82) is 0 Å². The lowest BCUT2D eigenvalue weighted by Gasteiger charge is -2.40. The van der Waals surface area contributed by atoms with Crippen LogP contribution in [0.25, 0.3) is 0 Å². The van der Waals surface area contributed by atoms with Gasteiger partial charge < -0.3 is 9.64 Å². The predicted molar refractivity (Wildman–Crippen MR) is 134 cm³/mol. The van der Waals surface area contributed by atoms with Crippen molar-refractivity contribution in [2.45, 2.75) is 55.6 Å². The summed E-state index contributed by atoms with van der Waals surface area (Å²) in [4.78, 5) is 15.1. The number of hydrogen-bond acceptors (Lipinski definition) is 5. The van der Waals surface area contributed by atoms with Crippen molar-refractivity contribution in [3.05, 3.63) is 57.5 Å². The van der Waals surface area contributed by atoms with Crippen LogP contribution in [0.2, 0.25) is 15.1 Å². The number of likely N-dealkylation sites (tertiary alicyclic amines) is 1. The molecule has 1 saturated carbocycles. The smallest absolute Gasteiger partial charge is 0.264 e. The predicted octanol–water partition coefficient (Wildman–Crippen LogP) is 5.55. The molecule has 10 heteroatoms. The summed E-state index contributed by atoms with van der Waals surface area (Å²) in [5.74, 6) is 0.00362. The third-order valence-electron chi connectivity index (χ3n) is 6.61. The zero-order chi connectivity index (χ0) is 24.3. The van der Waals surface area contributed by atoms with E-state index >= 15 is 0 Å². The van der Waals surface area contributed by atoms with Crippen LogP contribution in [0.3, 0.4) is 0 Å². The number of carbonyl (C=O) groups is 1. The molecule has 2 aromatic carbocycles. The van der Waals surface area contributed by atoms with Crippen LogP contribution in [0.4, 0.5) is 0 Å². The van der Waals surface area contributed by atoms with Gasteiger partial charge in [0, 0.05) is 36.1 Å². The van der Waals surface area contributed by atoms with Crippen molar-refractivity contribution in [2.75, 3.05) is 13.1 Å². The number of hydrogen-bond donors (Lipinski definition) is 1. The molecule has 0 aromatic heterocycles. The van der Waals surface area contributed by atoms with E-state index in [4.69, 9.17) is 39.5 Å². The van der Waals surface area contributed by atoms with Crippen LogP contribution < -0.4 is 9.46 Å². The Balaban J connectivity index is 1.23. The van der Waals surface area contributed by atoms with Gasteiger partial charge in [0.1, 0.15) is 11.9 Å². The molecule has 0 unspecified atom stereocenters. The highest BCUT2D eigenvalue weighted by Crippen LogP contribution is 2.32. The van der Waals surface area contributed by atoms with E-state index in [0.29, 0.717) is 34.0 Å². The lowest BCUT2D eigenvalue weighted by molar-refractivity contribution is -0.124. The lowest BCUT2D eigenvalue weighted by atomic mass is 9.84. The normalized spacial score (nSPS) is 22.3. The fourth-order valence-corrected chi connectivity index (χ4v) is 6.15. The van der Waals surface area contributed by atoms with Gasteiger partial charge in [-0.05, 0) is 74.9 Å². The van der Waals surface area contributed by atoms with E-state index in [9.17, 15) is 13.2 Å². The topological polar surface area (TPSA) is 75.7 Å². The standard InChI is InChI=1S/C24H27Cl3N2O4S/c25-17-3-8-21(9-4-17)34(31,32)28-24(30)16-1-5-18(6-2-16)29-13-11-19(12-14-29)33-20-7-10-22(26)23(27)15-20/h3-4,7-10,15-16,18-19H,1-2,5-6,11-14H2,(H,28,30)/t16-,18-. The quantitative estimate of drug-likeness (QED) is 0.515. The molecule has 184 valence electrons. The molecule has 34 heavy (non-hydrogen) atoms. The molecular weight excluding hydrogens is 519 g/mol. The van der Waals surface area contributed by atoms with Crippen LogP contribution in [0.15, 0.2) is 47.4 Å². The molecule has 1 aliphatic carbocycles. The Hall–Kier alpha value is -1.51. The van der Waals surface area contributed by atoms with E-state index in [0.717, 1.165) is 44.5 Å². The van der Waals surface area contributed by atoms with Crippen LogP contribution in [-0.2, 0) is 14.8 Å². The van der Waals surface area contributed by atoms with Crippen molar-refractivity contribution in [1.82, 2.24) is 9.62 Å². The van der Waals surface area contributed by atoms with E-state index in [1.54, 1.807) is 12.1 Å². The van der Waals surface area contributed by atoms with E-state index in [1.165, 1.54) is 24.3 Å². The summed E-state index contributed by atoms with van der Waals surface area (Å²) in [7, 11) is -3.89. The van der Waals surface area contributed by atoms with Gasteiger partial charge in [0.25, 0.3) is 10.0 Å². The summed E-state index contributed by atoms with van der Waals surface area (Å²) in [5.41, 5.74) is 0. The molecule has 2 fully saturated rings. The zero-order valence-electron chi connectivity index (χ0n) is 18.6. The van der Waals surface area contributed by atoms with Crippen molar-refractivity contribution in [2.24, 2.45) is 5.92 Å². The molecule has 1 heterocycles. The molecule has 4 rings (SSSR count). The third kappa shape index (κ3) is 6.38. The van der Waals surface area contributed by atoms with Gasteiger partial charge in [-0.1, -0.05) is 34.8 Å². The zero-order valence-corrected chi connectivity index (χ0v) is 21.6.